The topological polar surface area (TPSA) is 26.6 Å². The molecule has 0 spiro atoms. The van der Waals surface area contributed by atoms with E-state index in [1.54, 1.807) is 18.3 Å². The number of hydrogen-bond acceptors (Lipinski definition) is 1. The van der Waals surface area contributed by atoms with Gasteiger partial charge in [0.2, 0.25) is 0 Å². The Hall–Kier alpha value is -5.26. The third kappa shape index (κ3) is 4.20. The van der Waals surface area contributed by atoms with Crippen LogP contribution in [0.25, 0.3) is 50.0 Å². The van der Waals surface area contributed by atoms with Gasteiger partial charge in [-0.2, -0.15) is 9.13 Å². The molecule has 212 valence electrons. The summed E-state index contributed by atoms with van der Waals surface area (Å²) in [5.41, 5.74) is 6.84. The van der Waals surface area contributed by atoms with Crippen LogP contribution in [0.2, 0.25) is 13.1 Å². The maximum atomic E-state index is 8.00. The third-order valence-electron chi connectivity index (χ3n) is 8.88. The number of fused-ring (bicyclic) bond motifs is 4. The summed E-state index contributed by atoms with van der Waals surface area (Å²) in [6, 6.07) is 46.2. The van der Waals surface area contributed by atoms with Crippen LogP contribution in [0.1, 0.15) is 9.68 Å². The highest BCUT2D eigenvalue weighted by atomic mass is 28.3. The minimum Gasteiger partial charge on any atom is -0.294 e. The van der Waals surface area contributed by atoms with Crippen LogP contribution in [0.4, 0.5) is 0 Å². The van der Waals surface area contributed by atoms with E-state index in [2.05, 4.69) is 141 Å². The molecule has 0 fully saturated rings. The van der Waals surface area contributed by atoms with Crippen molar-refractivity contribution in [2.45, 2.75) is 19.9 Å². The molecule has 0 aliphatic heterocycles. The van der Waals surface area contributed by atoms with Gasteiger partial charge in [0, 0.05) is 21.1 Å². The number of rotatable bonds is 5. The molecule has 0 unspecified atom stereocenters. The van der Waals surface area contributed by atoms with E-state index >= 15 is 0 Å². The summed E-state index contributed by atoms with van der Waals surface area (Å²) in [5.74, 6) is 0.606. The normalized spacial score (nSPS) is 13.3. The molecule has 3 aromatic heterocycles. The first-order valence-electron chi connectivity index (χ1n) is 16.4. The zero-order valence-electron chi connectivity index (χ0n) is 27.6. The Morgan fingerprint density at radius 1 is 0.659 bits per heavy atom. The van der Waals surface area contributed by atoms with Gasteiger partial charge in [-0.25, -0.2) is 4.98 Å². The van der Waals surface area contributed by atoms with Gasteiger partial charge >= 0.3 is 0 Å². The van der Waals surface area contributed by atoms with Crippen molar-refractivity contribution in [3.8, 4) is 17.2 Å². The predicted octanol–water partition coefficient (Wildman–Crippen LogP) is 7.53. The Kier molecular flexibility index (Phi) is 5.37. The Morgan fingerprint density at radius 3 is 2.27 bits per heavy atom. The number of benzene rings is 5. The highest BCUT2D eigenvalue weighted by molar-refractivity contribution is 7.00. The number of nitrogens with zero attached hydrogens (tertiary/aromatic N) is 4. The van der Waals surface area contributed by atoms with E-state index in [1.165, 1.54) is 10.4 Å². The summed E-state index contributed by atoms with van der Waals surface area (Å²) < 4.78 is 30.6. The second-order valence-electron chi connectivity index (χ2n) is 11.8. The lowest BCUT2D eigenvalue weighted by molar-refractivity contribution is -0.567. The summed E-state index contributed by atoms with van der Waals surface area (Å²) in [6.45, 7) is 2.57. The summed E-state index contributed by atoms with van der Waals surface area (Å²) >= 11 is 0. The van der Waals surface area contributed by atoms with Crippen molar-refractivity contribution in [2.75, 3.05) is 0 Å². The molecule has 0 saturated carbocycles. The van der Waals surface area contributed by atoms with Gasteiger partial charge in [-0.15, -0.1) is 0 Å². The second kappa shape index (κ2) is 10.2. The molecule has 0 atom stereocenters. The van der Waals surface area contributed by atoms with Crippen LogP contribution in [0.3, 0.4) is 0 Å². The number of para-hydroxylation sites is 4. The molecule has 0 N–H and O–H groups in total. The number of hydrogen-bond donors (Lipinski definition) is 0. The van der Waals surface area contributed by atoms with Gasteiger partial charge < -0.3 is 0 Å². The smallest absolute Gasteiger partial charge is 0.255 e. The lowest BCUT2D eigenvalue weighted by Crippen LogP contribution is -2.52. The third-order valence-corrected chi connectivity index (χ3v) is 12.4. The zero-order valence-corrected chi connectivity index (χ0v) is 25.6. The SMILES string of the molecule is [2H]C([2H])([2H])c1ccnc(-n2c3ccccc3c3ccc([Si](C)(C)c4cccc(-n5c[n+](-c6ccccc6)c6ccccc65)c4)cc32)c1. The second-order valence-corrected chi connectivity index (χ2v) is 16.2. The van der Waals surface area contributed by atoms with E-state index in [-0.39, 0.29) is 5.56 Å². The molecular formula is C39H33N4Si+. The lowest BCUT2D eigenvalue weighted by atomic mass is 10.1. The highest BCUT2D eigenvalue weighted by Gasteiger charge is 2.29. The van der Waals surface area contributed by atoms with E-state index in [9.17, 15) is 0 Å². The standard InChI is InChI=1S/C39H33N4Si/c1-28-22-23-40-39(24-28)43-35-17-8-7-16-33(35)34-21-20-32(26-38(34)43)44(2,3)31-15-11-14-30(25-31)42-27-41(29-12-5-4-6-13-29)36-18-9-10-19-37(36)42/h4-27H,1-3H3/q+1/i1D3. The Labute approximate surface area is 262 Å². The summed E-state index contributed by atoms with van der Waals surface area (Å²) in [6.07, 6.45) is 3.77. The maximum absolute atomic E-state index is 8.00. The quantitative estimate of drug-likeness (QED) is 0.151. The van der Waals surface area contributed by atoms with Crippen molar-refractivity contribution < 1.29 is 8.68 Å². The monoisotopic (exact) mass is 588 g/mol. The Balaban J connectivity index is 1.27. The molecule has 44 heavy (non-hydrogen) atoms. The van der Waals surface area contributed by atoms with E-state index < -0.39 is 14.9 Å². The number of pyridine rings is 1. The molecule has 0 bridgehead atoms. The number of aromatic nitrogens is 4. The maximum Gasteiger partial charge on any atom is 0.255 e. The number of aryl methyl sites for hydroxylation is 1. The molecular weight excluding hydrogens is 553 g/mol. The van der Waals surface area contributed by atoms with Crippen molar-refractivity contribution in [2.24, 2.45) is 0 Å². The summed E-state index contributed by atoms with van der Waals surface area (Å²) in [5, 5.41) is 4.84. The van der Waals surface area contributed by atoms with Gasteiger partial charge in [-0.3, -0.25) is 4.57 Å². The van der Waals surface area contributed by atoms with Crippen molar-refractivity contribution >= 4 is 51.3 Å². The van der Waals surface area contributed by atoms with Gasteiger partial charge in [0.1, 0.15) is 25.3 Å². The van der Waals surface area contributed by atoms with Gasteiger partial charge in [0.05, 0.1) is 11.0 Å². The average molecular weight is 589 g/mol. The highest BCUT2D eigenvalue weighted by Crippen LogP contribution is 2.31. The molecule has 3 heterocycles. The molecule has 0 amide bonds. The summed E-state index contributed by atoms with van der Waals surface area (Å²) in [4.78, 5) is 4.66. The fraction of sp³-hybridized carbons (Fsp3) is 0.0769. The summed E-state index contributed by atoms with van der Waals surface area (Å²) in [7, 11) is -2.22. The molecule has 8 aromatic rings. The molecule has 0 radical (unpaired) electrons. The first-order chi connectivity index (χ1) is 22.7. The van der Waals surface area contributed by atoms with E-state index in [0.29, 0.717) is 5.82 Å². The lowest BCUT2D eigenvalue weighted by Gasteiger charge is -2.24. The Bertz CT molecular complexity index is 2440. The molecule has 0 saturated heterocycles. The minimum absolute atomic E-state index is 0.280. The van der Waals surface area contributed by atoms with Gasteiger partial charge in [0.25, 0.3) is 6.33 Å². The van der Waals surface area contributed by atoms with Crippen LogP contribution in [0.15, 0.2) is 146 Å². The van der Waals surface area contributed by atoms with Crippen LogP contribution in [0.5, 0.6) is 0 Å². The first kappa shape index (κ1) is 23.2. The van der Waals surface area contributed by atoms with Crippen molar-refractivity contribution in [1.29, 1.82) is 0 Å². The molecule has 0 aliphatic carbocycles. The van der Waals surface area contributed by atoms with Crippen LogP contribution in [0, 0.1) is 6.85 Å². The van der Waals surface area contributed by atoms with Crippen LogP contribution in [-0.4, -0.2) is 22.2 Å². The molecule has 5 aromatic carbocycles. The van der Waals surface area contributed by atoms with Crippen molar-refractivity contribution in [3.05, 3.63) is 152 Å². The zero-order chi connectivity index (χ0) is 32.3. The largest absolute Gasteiger partial charge is 0.294 e. The number of imidazole rings is 1. The molecule has 8 rings (SSSR count). The molecule has 5 heteroatoms. The fourth-order valence-corrected chi connectivity index (χ4v) is 8.82. The first-order valence-corrected chi connectivity index (χ1v) is 17.9. The van der Waals surface area contributed by atoms with Gasteiger partial charge in [-0.1, -0.05) is 96.3 Å². The van der Waals surface area contributed by atoms with Gasteiger partial charge in [-0.05, 0) is 73.1 Å². The van der Waals surface area contributed by atoms with Crippen LogP contribution in [-0.2, 0) is 0 Å². The fourth-order valence-electron chi connectivity index (χ4n) is 6.47. The molecule has 4 nitrogen and oxygen atoms in total. The predicted molar refractivity (Wildman–Crippen MR) is 185 cm³/mol. The van der Waals surface area contributed by atoms with E-state index in [0.717, 1.165) is 44.2 Å². The average Bonchev–Trinajstić information content (AvgIpc) is 3.65. The van der Waals surface area contributed by atoms with Crippen LogP contribution >= 0.6 is 0 Å². The minimum atomic E-state index is -2.22. The Morgan fingerprint density at radius 2 is 1.41 bits per heavy atom. The van der Waals surface area contributed by atoms with Crippen molar-refractivity contribution in [1.82, 2.24) is 14.1 Å². The van der Waals surface area contributed by atoms with Crippen LogP contribution < -0.4 is 14.9 Å². The van der Waals surface area contributed by atoms with Crippen molar-refractivity contribution in [3.63, 3.8) is 0 Å². The molecule has 0 aliphatic rings. The van der Waals surface area contributed by atoms with Gasteiger partial charge in [0.15, 0.2) is 11.0 Å². The van der Waals surface area contributed by atoms with E-state index in [4.69, 9.17) is 4.11 Å². The van der Waals surface area contributed by atoms with E-state index in [1.807, 2.05) is 18.2 Å².